The van der Waals surface area contributed by atoms with Crippen molar-refractivity contribution in [1.82, 2.24) is 9.47 Å². The van der Waals surface area contributed by atoms with Gasteiger partial charge >= 0.3 is 0 Å². The molecule has 0 aliphatic carbocycles. The Morgan fingerprint density at radius 3 is 2.50 bits per heavy atom. The van der Waals surface area contributed by atoms with Crippen LogP contribution in [0.4, 0.5) is 5.69 Å². The summed E-state index contributed by atoms with van der Waals surface area (Å²) < 4.78 is 7.19. The molecule has 6 nitrogen and oxygen atoms in total. The van der Waals surface area contributed by atoms with Crippen molar-refractivity contribution in [1.29, 1.82) is 0 Å². The molecule has 1 saturated heterocycles. The third-order valence-corrected chi connectivity index (χ3v) is 5.88. The van der Waals surface area contributed by atoms with Crippen molar-refractivity contribution in [2.45, 2.75) is 32.7 Å². The summed E-state index contributed by atoms with van der Waals surface area (Å²) in [6, 6.07) is 9.82. The zero-order valence-corrected chi connectivity index (χ0v) is 16.6. The van der Waals surface area contributed by atoms with Gasteiger partial charge in [0.1, 0.15) is 11.3 Å². The lowest BCUT2D eigenvalue weighted by Crippen LogP contribution is -2.49. The van der Waals surface area contributed by atoms with Gasteiger partial charge in [0.15, 0.2) is 0 Å². The molecule has 0 unspecified atom stereocenters. The number of hydrogen-bond donors (Lipinski definition) is 0. The monoisotopic (exact) mass is 381 g/mol. The molecule has 1 aromatic carbocycles. The van der Waals surface area contributed by atoms with Crippen LogP contribution < -0.4 is 15.2 Å². The number of benzene rings is 1. The third kappa shape index (κ3) is 3.28. The minimum absolute atomic E-state index is 0.0214. The summed E-state index contributed by atoms with van der Waals surface area (Å²) in [6.45, 7) is 5.72. The molecule has 0 saturated carbocycles. The molecule has 0 N–H and O–H groups in total. The fraction of sp³-hybridized carbons (Fsp3) is 0.455. The number of methoxy groups -OCH3 is 1. The number of fused-ring (bicyclic) bond motifs is 1. The maximum Gasteiger partial charge on any atom is 0.259 e. The molecule has 1 amide bonds. The van der Waals surface area contributed by atoms with Crippen LogP contribution in [0.1, 0.15) is 34.5 Å². The van der Waals surface area contributed by atoms with Gasteiger partial charge in [-0.05, 0) is 37.8 Å². The number of nitrogens with zero attached hydrogens (tertiary/aromatic N) is 3. The van der Waals surface area contributed by atoms with Crippen molar-refractivity contribution in [3.05, 3.63) is 57.5 Å². The number of aromatic nitrogens is 1. The predicted molar refractivity (Wildman–Crippen MR) is 109 cm³/mol. The number of rotatable bonds is 3. The Morgan fingerprint density at radius 1 is 1.04 bits per heavy atom. The van der Waals surface area contributed by atoms with Gasteiger partial charge in [0.05, 0.1) is 7.11 Å². The number of aryl methyl sites for hydroxylation is 1. The lowest BCUT2D eigenvalue weighted by molar-refractivity contribution is 0.0740. The highest BCUT2D eigenvalue weighted by Crippen LogP contribution is 2.27. The van der Waals surface area contributed by atoms with Crippen LogP contribution in [0.25, 0.3) is 0 Å². The highest BCUT2D eigenvalue weighted by atomic mass is 16.5. The smallest absolute Gasteiger partial charge is 0.259 e. The zero-order valence-electron chi connectivity index (χ0n) is 16.6. The van der Waals surface area contributed by atoms with Gasteiger partial charge in [-0.15, -0.1) is 0 Å². The van der Waals surface area contributed by atoms with Crippen LogP contribution in [-0.2, 0) is 13.0 Å². The van der Waals surface area contributed by atoms with E-state index in [-0.39, 0.29) is 11.5 Å². The molecule has 0 radical (unpaired) electrons. The molecule has 148 valence electrons. The molecule has 28 heavy (non-hydrogen) atoms. The van der Waals surface area contributed by atoms with Gasteiger partial charge in [-0.2, -0.15) is 0 Å². The minimum Gasteiger partial charge on any atom is -0.496 e. The fourth-order valence-corrected chi connectivity index (χ4v) is 4.36. The van der Waals surface area contributed by atoms with Crippen molar-refractivity contribution in [2.75, 3.05) is 38.2 Å². The second kappa shape index (κ2) is 7.70. The van der Waals surface area contributed by atoms with Crippen LogP contribution >= 0.6 is 0 Å². The van der Waals surface area contributed by atoms with Crippen molar-refractivity contribution in [3.63, 3.8) is 0 Å². The number of amides is 1. The molecule has 4 rings (SSSR count). The molecule has 6 heteroatoms. The summed E-state index contributed by atoms with van der Waals surface area (Å²) in [5, 5.41) is 0. The van der Waals surface area contributed by atoms with Gasteiger partial charge in [-0.1, -0.05) is 18.2 Å². The molecule has 0 spiro atoms. The lowest BCUT2D eigenvalue weighted by atomic mass is 10.0. The molecule has 0 atom stereocenters. The Labute approximate surface area is 165 Å². The maximum absolute atomic E-state index is 13.4. The maximum atomic E-state index is 13.4. The van der Waals surface area contributed by atoms with Crippen LogP contribution in [0.2, 0.25) is 0 Å². The number of anilines is 1. The van der Waals surface area contributed by atoms with Crippen molar-refractivity contribution < 1.29 is 9.53 Å². The van der Waals surface area contributed by atoms with Crippen molar-refractivity contribution >= 4 is 11.6 Å². The van der Waals surface area contributed by atoms with E-state index < -0.39 is 0 Å². The van der Waals surface area contributed by atoms with E-state index in [1.54, 1.807) is 4.57 Å². The van der Waals surface area contributed by atoms with E-state index in [4.69, 9.17) is 4.74 Å². The Kier molecular flexibility index (Phi) is 5.11. The van der Waals surface area contributed by atoms with Crippen LogP contribution in [0.5, 0.6) is 5.75 Å². The summed E-state index contributed by atoms with van der Waals surface area (Å²) in [5.74, 6) is 0.386. The van der Waals surface area contributed by atoms with E-state index in [1.807, 2.05) is 11.0 Å². The topological polar surface area (TPSA) is 54.8 Å². The van der Waals surface area contributed by atoms with Gasteiger partial charge in [-0.3, -0.25) is 9.59 Å². The number of carbonyl (C=O) groups is 1. The molecule has 1 fully saturated rings. The number of hydrogen-bond acceptors (Lipinski definition) is 4. The summed E-state index contributed by atoms with van der Waals surface area (Å²) in [4.78, 5) is 30.0. The summed E-state index contributed by atoms with van der Waals surface area (Å²) in [5.41, 5.74) is 3.82. The number of carbonyl (C=O) groups excluding carboxylic acids is 1. The fourth-order valence-electron chi connectivity index (χ4n) is 4.36. The molecule has 2 aliphatic rings. The SMILES string of the molecule is COc1cc(=O)n2c(c1C(=O)N1CCN(c3ccccc3C)CC1)CCCC2. The zero-order chi connectivity index (χ0) is 19.7. The predicted octanol–water partition coefficient (Wildman–Crippen LogP) is 2.46. The molecule has 3 heterocycles. The van der Waals surface area contributed by atoms with Crippen molar-refractivity contribution in [3.8, 4) is 5.75 Å². The third-order valence-electron chi connectivity index (χ3n) is 5.88. The molecule has 2 aliphatic heterocycles. The Hall–Kier alpha value is -2.76. The van der Waals surface area contributed by atoms with Crippen LogP contribution in [0.15, 0.2) is 35.1 Å². The first-order chi connectivity index (χ1) is 13.6. The molecular formula is C22H27N3O3. The number of para-hydroxylation sites is 1. The lowest BCUT2D eigenvalue weighted by Gasteiger charge is -2.37. The normalized spacial score (nSPS) is 16.6. The van der Waals surface area contributed by atoms with E-state index >= 15 is 0 Å². The molecular weight excluding hydrogens is 354 g/mol. The highest BCUT2D eigenvalue weighted by Gasteiger charge is 2.29. The standard InChI is InChI=1S/C22H27N3O3/c1-16-7-3-4-8-17(16)23-11-13-24(14-12-23)22(27)21-18-9-5-6-10-25(18)20(26)15-19(21)28-2/h3-4,7-8,15H,5-6,9-14H2,1-2H3. The number of pyridine rings is 1. The molecule has 2 aromatic rings. The summed E-state index contributed by atoms with van der Waals surface area (Å²) in [6.07, 6.45) is 2.71. The Balaban J connectivity index is 1.58. The second-order valence-electron chi connectivity index (χ2n) is 7.55. The first-order valence-electron chi connectivity index (χ1n) is 10.0. The average Bonchev–Trinajstić information content (AvgIpc) is 2.74. The van der Waals surface area contributed by atoms with Gasteiger partial charge in [0.2, 0.25) is 0 Å². The van der Waals surface area contributed by atoms with Gasteiger partial charge < -0.3 is 19.1 Å². The highest BCUT2D eigenvalue weighted by molar-refractivity contribution is 5.98. The minimum atomic E-state index is -0.0764. The number of ether oxygens (including phenoxy) is 1. The van der Waals surface area contributed by atoms with E-state index in [1.165, 1.54) is 24.4 Å². The van der Waals surface area contributed by atoms with E-state index in [0.717, 1.165) is 38.0 Å². The van der Waals surface area contributed by atoms with Crippen LogP contribution in [0.3, 0.4) is 0 Å². The van der Waals surface area contributed by atoms with E-state index in [0.29, 0.717) is 30.9 Å². The van der Waals surface area contributed by atoms with Crippen LogP contribution in [-0.4, -0.2) is 48.7 Å². The second-order valence-corrected chi connectivity index (χ2v) is 7.55. The first kappa shape index (κ1) is 18.6. The van der Waals surface area contributed by atoms with Gasteiger partial charge in [0.25, 0.3) is 11.5 Å². The summed E-state index contributed by atoms with van der Waals surface area (Å²) >= 11 is 0. The summed E-state index contributed by atoms with van der Waals surface area (Å²) in [7, 11) is 1.53. The molecule has 0 bridgehead atoms. The Morgan fingerprint density at radius 2 is 1.79 bits per heavy atom. The van der Waals surface area contributed by atoms with Gasteiger partial charge in [0, 0.05) is 50.2 Å². The van der Waals surface area contributed by atoms with Crippen LogP contribution in [0, 0.1) is 6.92 Å². The largest absolute Gasteiger partial charge is 0.496 e. The molecule has 1 aromatic heterocycles. The van der Waals surface area contributed by atoms with E-state index in [9.17, 15) is 9.59 Å². The van der Waals surface area contributed by atoms with E-state index in [2.05, 4.69) is 30.0 Å². The van der Waals surface area contributed by atoms with Gasteiger partial charge in [-0.25, -0.2) is 0 Å². The quantitative estimate of drug-likeness (QED) is 0.820. The average molecular weight is 381 g/mol. The first-order valence-corrected chi connectivity index (χ1v) is 10.0. The Bertz CT molecular complexity index is 943. The van der Waals surface area contributed by atoms with Crippen molar-refractivity contribution in [2.24, 2.45) is 0 Å². The number of piperazine rings is 1.